The highest BCUT2D eigenvalue weighted by Gasteiger charge is 2.35. The van der Waals surface area contributed by atoms with E-state index in [-0.39, 0.29) is 18.2 Å². The molecule has 1 amide bonds. The molecular weight excluding hydrogens is 234 g/mol. The molecule has 2 N–H and O–H groups in total. The van der Waals surface area contributed by atoms with Crippen molar-refractivity contribution in [1.29, 1.82) is 0 Å². The summed E-state index contributed by atoms with van der Waals surface area (Å²) in [5, 5.41) is 12.1. The van der Waals surface area contributed by atoms with E-state index >= 15 is 0 Å². The number of esters is 1. The summed E-state index contributed by atoms with van der Waals surface area (Å²) in [6.07, 6.45) is 3.89. The van der Waals surface area contributed by atoms with Crippen LogP contribution in [-0.2, 0) is 14.3 Å². The van der Waals surface area contributed by atoms with Gasteiger partial charge in [-0.05, 0) is 12.8 Å². The van der Waals surface area contributed by atoms with Crippen LogP contribution in [0.15, 0.2) is 12.7 Å². The SMILES string of the molecule is C=CCC(CCCC)C(=O)NC1CC(=O)OC1O. The number of cyclic esters (lactones) is 1. The molecule has 5 nitrogen and oxygen atoms in total. The van der Waals surface area contributed by atoms with Gasteiger partial charge in [0, 0.05) is 5.92 Å². The Labute approximate surface area is 107 Å². The molecule has 0 radical (unpaired) electrons. The zero-order chi connectivity index (χ0) is 13.5. The zero-order valence-corrected chi connectivity index (χ0v) is 10.7. The molecule has 0 aromatic heterocycles. The van der Waals surface area contributed by atoms with Crippen LogP contribution in [0.4, 0.5) is 0 Å². The number of rotatable bonds is 7. The molecule has 5 heteroatoms. The summed E-state index contributed by atoms with van der Waals surface area (Å²) in [6.45, 7) is 5.71. The number of amides is 1. The Hall–Kier alpha value is -1.36. The van der Waals surface area contributed by atoms with Crippen LogP contribution in [0.2, 0.25) is 0 Å². The average molecular weight is 255 g/mol. The van der Waals surface area contributed by atoms with Gasteiger partial charge in [-0.15, -0.1) is 6.58 Å². The molecule has 1 heterocycles. The van der Waals surface area contributed by atoms with E-state index < -0.39 is 18.3 Å². The molecule has 0 spiro atoms. The van der Waals surface area contributed by atoms with Gasteiger partial charge in [-0.1, -0.05) is 25.8 Å². The van der Waals surface area contributed by atoms with Crippen LogP contribution in [0.5, 0.6) is 0 Å². The highest BCUT2D eigenvalue weighted by Crippen LogP contribution is 2.17. The second kappa shape index (κ2) is 7.16. The number of aliphatic hydroxyl groups is 1. The number of aliphatic hydroxyl groups excluding tert-OH is 1. The second-order valence-corrected chi connectivity index (χ2v) is 4.56. The number of carbonyl (C=O) groups excluding carboxylic acids is 2. The summed E-state index contributed by atoms with van der Waals surface area (Å²) in [5.41, 5.74) is 0. The maximum absolute atomic E-state index is 12.0. The van der Waals surface area contributed by atoms with Gasteiger partial charge in [0.05, 0.1) is 6.42 Å². The fraction of sp³-hybridized carbons (Fsp3) is 0.692. The minimum atomic E-state index is -1.22. The van der Waals surface area contributed by atoms with Crippen molar-refractivity contribution in [2.24, 2.45) is 5.92 Å². The van der Waals surface area contributed by atoms with Gasteiger partial charge in [0.1, 0.15) is 6.04 Å². The summed E-state index contributed by atoms with van der Waals surface area (Å²) in [4.78, 5) is 23.0. The first kappa shape index (κ1) is 14.7. The fourth-order valence-corrected chi connectivity index (χ4v) is 1.98. The lowest BCUT2D eigenvalue weighted by Gasteiger charge is -2.19. The topological polar surface area (TPSA) is 75.6 Å². The average Bonchev–Trinajstić information content (AvgIpc) is 2.63. The first-order valence-electron chi connectivity index (χ1n) is 6.37. The Kier molecular flexibility index (Phi) is 5.85. The smallest absolute Gasteiger partial charge is 0.310 e. The van der Waals surface area contributed by atoms with Gasteiger partial charge in [-0.25, -0.2) is 0 Å². The van der Waals surface area contributed by atoms with Crippen molar-refractivity contribution < 1.29 is 19.4 Å². The lowest BCUT2D eigenvalue weighted by atomic mass is 9.97. The molecule has 0 saturated carbocycles. The number of unbranched alkanes of at least 4 members (excludes halogenated alkanes) is 1. The van der Waals surface area contributed by atoms with Crippen LogP contribution in [0.25, 0.3) is 0 Å². The first-order valence-corrected chi connectivity index (χ1v) is 6.37. The van der Waals surface area contributed by atoms with Crippen molar-refractivity contribution in [3.63, 3.8) is 0 Å². The molecule has 0 aliphatic carbocycles. The minimum absolute atomic E-state index is 0.0293. The van der Waals surface area contributed by atoms with Crippen molar-refractivity contribution in [3.05, 3.63) is 12.7 Å². The Morgan fingerprint density at radius 1 is 1.72 bits per heavy atom. The molecule has 18 heavy (non-hydrogen) atoms. The Morgan fingerprint density at radius 2 is 2.44 bits per heavy atom. The van der Waals surface area contributed by atoms with E-state index in [0.717, 1.165) is 19.3 Å². The standard InChI is InChI=1S/C13H21NO4/c1-3-5-7-9(6-4-2)12(16)14-10-8-11(15)18-13(10)17/h4,9-10,13,17H,2-3,5-8H2,1H3,(H,14,16). The second-order valence-electron chi connectivity index (χ2n) is 4.56. The molecule has 0 aromatic carbocycles. The van der Waals surface area contributed by atoms with E-state index in [1.165, 1.54) is 0 Å². The number of hydrogen-bond acceptors (Lipinski definition) is 4. The van der Waals surface area contributed by atoms with Gasteiger partial charge in [-0.3, -0.25) is 9.59 Å². The summed E-state index contributed by atoms with van der Waals surface area (Å²) in [6, 6.07) is -0.626. The largest absolute Gasteiger partial charge is 0.434 e. The molecule has 1 aliphatic rings. The number of carbonyl (C=O) groups is 2. The van der Waals surface area contributed by atoms with Gasteiger partial charge >= 0.3 is 5.97 Å². The predicted octanol–water partition coefficient (Wildman–Crippen LogP) is 1.12. The first-order chi connectivity index (χ1) is 8.58. The quantitative estimate of drug-likeness (QED) is 0.528. The normalized spacial score (nSPS) is 24.4. The summed E-state index contributed by atoms with van der Waals surface area (Å²) < 4.78 is 4.58. The minimum Gasteiger partial charge on any atom is -0.434 e. The summed E-state index contributed by atoms with van der Waals surface area (Å²) >= 11 is 0. The van der Waals surface area contributed by atoms with Crippen molar-refractivity contribution >= 4 is 11.9 Å². The van der Waals surface area contributed by atoms with Crippen LogP contribution < -0.4 is 5.32 Å². The van der Waals surface area contributed by atoms with Gasteiger partial charge in [0.15, 0.2) is 0 Å². The van der Waals surface area contributed by atoms with Crippen LogP contribution in [0.3, 0.4) is 0 Å². The molecule has 1 saturated heterocycles. The molecule has 102 valence electrons. The molecule has 0 bridgehead atoms. The van der Waals surface area contributed by atoms with E-state index in [2.05, 4.69) is 23.6 Å². The van der Waals surface area contributed by atoms with Crippen molar-refractivity contribution in [2.45, 2.75) is 51.4 Å². The van der Waals surface area contributed by atoms with E-state index in [1.807, 2.05) is 0 Å². The van der Waals surface area contributed by atoms with E-state index in [4.69, 9.17) is 0 Å². The Bertz CT molecular complexity index is 316. The molecule has 1 aliphatic heterocycles. The van der Waals surface area contributed by atoms with E-state index in [9.17, 15) is 14.7 Å². The molecule has 0 aromatic rings. The molecule has 1 fully saturated rings. The third kappa shape index (κ3) is 4.14. The monoisotopic (exact) mass is 255 g/mol. The number of allylic oxidation sites excluding steroid dienone is 1. The van der Waals surface area contributed by atoms with Crippen LogP contribution in [-0.4, -0.2) is 29.3 Å². The zero-order valence-electron chi connectivity index (χ0n) is 10.7. The van der Waals surface area contributed by atoms with Crippen LogP contribution >= 0.6 is 0 Å². The number of hydrogen-bond donors (Lipinski definition) is 2. The fourth-order valence-electron chi connectivity index (χ4n) is 1.98. The molecule has 3 atom stereocenters. The van der Waals surface area contributed by atoms with Crippen LogP contribution in [0, 0.1) is 5.92 Å². The Balaban J connectivity index is 2.49. The van der Waals surface area contributed by atoms with E-state index in [0.29, 0.717) is 6.42 Å². The van der Waals surface area contributed by atoms with Crippen molar-refractivity contribution in [2.75, 3.05) is 0 Å². The number of ether oxygens (including phenoxy) is 1. The third-order valence-corrected chi connectivity index (χ3v) is 3.04. The third-order valence-electron chi connectivity index (χ3n) is 3.04. The van der Waals surface area contributed by atoms with Crippen molar-refractivity contribution in [1.82, 2.24) is 5.32 Å². The van der Waals surface area contributed by atoms with Gasteiger partial charge in [0.25, 0.3) is 0 Å². The van der Waals surface area contributed by atoms with Gasteiger partial charge in [-0.2, -0.15) is 0 Å². The van der Waals surface area contributed by atoms with Gasteiger partial charge < -0.3 is 15.2 Å². The van der Waals surface area contributed by atoms with Gasteiger partial charge in [0.2, 0.25) is 12.2 Å². The maximum atomic E-state index is 12.0. The highest BCUT2D eigenvalue weighted by molar-refractivity contribution is 5.81. The number of nitrogens with one attached hydrogen (secondary N) is 1. The molecule has 3 unspecified atom stereocenters. The molecule has 1 rings (SSSR count). The lowest BCUT2D eigenvalue weighted by molar-refractivity contribution is -0.155. The summed E-state index contributed by atoms with van der Waals surface area (Å²) in [7, 11) is 0. The predicted molar refractivity (Wildman–Crippen MR) is 66.5 cm³/mol. The summed E-state index contributed by atoms with van der Waals surface area (Å²) in [5.74, 6) is -0.780. The van der Waals surface area contributed by atoms with Crippen molar-refractivity contribution in [3.8, 4) is 0 Å². The lowest BCUT2D eigenvalue weighted by Crippen LogP contribution is -2.43. The Morgan fingerprint density at radius 3 is 2.94 bits per heavy atom. The highest BCUT2D eigenvalue weighted by atomic mass is 16.6. The van der Waals surface area contributed by atoms with E-state index in [1.54, 1.807) is 6.08 Å². The van der Waals surface area contributed by atoms with Crippen LogP contribution in [0.1, 0.15) is 39.0 Å². The maximum Gasteiger partial charge on any atom is 0.310 e. The molecular formula is C13H21NO4.